The summed E-state index contributed by atoms with van der Waals surface area (Å²) < 4.78 is 11.5. The van der Waals surface area contributed by atoms with Crippen LogP contribution in [-0.2, 0) is 14.3 Å². The number of carbonyl (C=O) groups excluding carboxylic acids is 1. The largest absolute Gasteiger partial charge is 0.346 e. The molecule has 0 aromatic rings. The Morgan fingerprint density at radius 1 is 1.05 bits per heavy atom. The lowest BCUT2D eigenvalue weighted by Gasteiger charge is -2.38. The summed E-state index contributed by atoms with van der Waals surface area (Å²) in [4.78, 5) is 14.2. The summed E-state index contributed by atoms with van der Waals surface area (Å²) in [5, 5.41) is 0. The first-order valence-corrected chi connectivity index (χ1v) is 8.81. The van der Waals surface area contributed by atoms with Crippen LogP contribution in [0.3, 0.4) is 0 Å². The van der Waals surface area contributed by atoms with Crippen LogP contribution in [0.1, 0.15) is 71.1 Å². The molecule has 0 atom stereocenters. The van der Waals surface area contributed by atoms with Gasteiger partial charge in [0.05, 0.1) is 19.8 Å². The van der Waals surface area contributed by atoms with Gasteiger partial charge in [0.25, 0.3) is 0 Å². The highest BCUT2D eigenvalue weighted by molar-refractivity contribution is 5.76. The molecular formula is C17H31NO3. The van der Waals surface area contributed by atoms with Crippen LogP contribution < -0.4 is 0 Å². The third-order valence-electron chi connectivity index (χ3n) is 4.58. The summed E-state index contributed by atoms with van der Waals surface area (Å²) in [7, 11) is 0. The number of unbranched alkanes of at least 4 members (excludes halogenated alkanes) is 6. The molecule has 2 rings (SSSR count). The molecule has 1 amide bonds. The Balaban J connectivity index is 1.59. The van der Waals surface area contributed by atoms with Crippen LogP contribution in [0.2, 0.25) is 0 Å². The predicted octanol–water partition coefficient (Wildman–Crippen LogP) is 3.49. The first kappa shape index (κ1) is 16.8. The van der Waals surface area contributed by atoms with Gasteiger partial charge < -0.3 is 14.4 Å². The van der Waals surface area contributed by atoms with E-state index in [4.69, 9.17) is 9.47 Å². The van der Waals surface area contributed by atoms with Gasteiger partial charge in [-0.2, -0.15) is 0 Å². The Kier molecular flexibility index (Phi) is 6.97. The van der Waals surface area contributed by atoms with Gasteiger partial charge in [-0.05, 0) is 12.8 Å². The molecule has 2 aliphatic heterocycles. The van der Waals surface area contributed by atoms with E-state index in [1.807, 2.05) is 4.90 Å². The molecule has 0 aliphatic carbocycles. The van der Waals surface area contributed by atoms with Crippen molar-refractivity contribution in [2.24, 2.45) is 0 Å². The highest BCUT2D eigenvalue weighted by Crippen LogP contribution is 2.30. The van der Waals surface area contributed by atoms with Gasteiger partial charge in [0.15, 0.2) is 5.79 Å². The van der Waals surface area contributed by atoms with Gasteiger partial charge in [-0.3, -0.25) is 4.79 Å². The maximum absolute atomic E-state index is 12.3. The molecule has 21 heavy (non-hydrogen) atoms. The van der Waals surface area contributed by atoms with E-state index in [-0.39, 0.29) is 5.91 Å². The second kappa shape index (κ2) is 8.74. The number of carbonyl (C=O) groups is 1. The molecule has 4 nitrogen and oxygen atoms in total. The van der Waals surface area contributed by atoms with Crippen molar-refractivity contribution in [1.29, 1.82) is 0 Å². The Labute approximate surface area is 129 Å². The van der Waals surface area contributed by atoms with Crippen LogP contribution >= 0.6 is 0 Å². The molecule has 1 spiro atoms. The molecular weight excluding hydrogens is 266 g/mol. The molecule has 2 fully saturated rings. The van der Waals surface area contributed by atoms with E-state index in [0.29, 0.717) is 26.2 Å². The zero-order valence-corrected chi connectivity index (χ0v) is 13.6. The number of piperidine rings is 1. The van der Waals surface area contributed by atoms with Gasteiger partial charge in [0, 0.05) is 19.4 Å². The second-order valence-corrected chi connectivity index (χ2v) is 6.40. The lowest BCUT2D eigenvalue weighted by Crippen LogP contribution is -2.50. The first-order valence-electron chi connectivity index (χ1n) is 8.81. The minimum Gasteiger partial charge on any atom is -0.346 e. The lowest BCUT2D eigenvalue weighted by atomic mass is 10.0. The molecule has 0 aromatic carbocycles. The van der Waals surface area contributed by atoms with Gasteiger partial charge >= 0.3 is 0 Å². The topological polar surface area (TPSA) is 38.8 Å². The lowest BCUT2D eigenvalue weighted by molar-refractivity contribution is -0.193. The van der Waals surface area contributed by atoms with Gasteiger partial charge in [-0.1, -0.05) is 45.4 Å². The smallest absolute Gasteiger partial charge is 0.222 e. The normalized spacial score (nSPS) is 21.1. The molecule has 2 aliphatic rings. The number of likely N-dealkylation sites (tertiary alicyclic amines) is 1. The SMILES string of the molecule is CCCCCCCCCC(=O)N1CCCC2(C1)OCCO2. The summed E-state index contributed by atoms with van der Waals surface area (Å²) in [5.74, 6) is -0.199. The van der Waals surface area contributed by atoms with Crippen LogP contribution in [0, 0.1) is 0 Å². The van der Waals surface area contributed by atoms with Crippen molar-refractivity contribution >= 4 is 5.91 Å². The van der Waals surface area contributed by atoms with Crippen molar-refractivity contribution in [2.45, 2.75) is 76.9 Å². The summed E-state index contributed by atoms with van der Waals surface area (Å²) in [6.07, 6.45) is 11.4. The van der Waals surface area contributed by atoms with Crippen molar-refractivity contribution < 1.29 is 14.3 Å². The molecule has 2 heterocycles. The summed E-state index contributed by atoms with van der Waals surface area (Å²) in [6.45, 7) is 5.06. The minimum atomic E-state index is -0.478. The Bertz CT molecular complexity index is 313. The minimum absolute atomic E-state index is 0.279. The molecule has 2 saturated heterocycles. The van der Waals surface area contributed by atoms with Gasteiger partial charge in [0.1, 0.15) is 0 Å². The maximum Gasteiger partial charge on any atom is 0.222 e. The van der Waals surface area contributed by atoms with Crippen LogP contribution in [0.4, 0.5) is 0 Å². The number of hydrogen-bond acceptors (Lipinski definition) is 3. The number of amides is 1. The number of nitrogens with zero attached hydrogens (tertiary/aromatic N) is 1. The van der Waals surface area contributed by atoms with Crippen LogP contribution in [0.25, 0.3) is 0 Å². The van der Waals surface area contributed by atoms with Crippen molar-refractivity contribution in [3.8, 4) is 0 Å². The average molecular weight is 297 g/mol. The summed E-state index contributed by atoms with van der Waals surface area (Å²) >= 11 is 0. The summed E-state index contributed by atoms with van der Waals surface area (Å²) in [5.41, 5.74) is 0. The summed E-state index contributed by atoms with van der Waals surface area (Å²) in [6, 6.07) is 0. The molecule has 4 heteroatoms. The molecule has 0 aromatic heterocycles. The van der Waals surface area contributed by atoms with E-state index in [0.717, 1.165) is 25.8 Å². The predicted molar refractivity (Wildman–Crippen MR) is 83.1 cm³/mol. The van der Waals surface area contributed by atoms with E-state index >= 15 is 0 Å². The fraction of sp³-hybridized carbons (Fsp3) is 0.941. The fourth-order valence-corrected chi connectivity index (χ4v) is 3.33. The fourth-order valence-electron chi connectivity index (χ4n) is 3.33. The van der Waals surface area contributed by atoms with Crippen LogP contribution in [-0.4, -0.2) is 42.9 Å². The highest BCUT2D eigenvalue weighted by atomic mass is 16.7. The molecule has 0 radical (unpaired) electrons. The van der Waals surface area contributed by atoms with Gasteiger partial charge in [-0.15, -0.1) is 0 Å². The zero-order valence-electron chi connectivity index (χ0n) is 13.6. The monoisotopic (exact) mass is 297 g/mol. The molecule has 0 bridgehead atoms. The second-order valence-electron chi connectivity index (χ2n) is 6.40. The first-order chi connectivity index (χ1) is 10.3. The molecule has 0 saturated carbocycles. The van der Waals surface area contributed by atoms with Crippen LogP contribution in [0.15, 0.2) is 0 Å². The van der Waals surface area contributed by atoms with E-state index in [1.165, 1.54) is 38.5 Å². The third kappa shape index (κ3) is 5.26. The van der Waals surface area contributed by atoms with Crippen molar-refractivity contribution in [3.63, 3.8) is 0 Å². The quantitative estimate of drug-likeness (QED) is 0.644. The highest BCUT2D eigenvalue weighted by Gasteiger charge is 2.41. The number of ether oxygens (including phenoxy) is 2. The van der Waals surface area contributed by atoms with Gasteiger partial charge in [0.2, 0.25) is 5.91 Å². The zero-order chi connectivity index (χ0) is 15.0. The van der Waals surface area contributed by atoms with Crippen molar-refractivity contribution in [2.75, 3.05) is 26.3 Å². The molecule has 122 valence electrons. The van der Waals surface area contributed by atoms with Crippen molar-refractivity contribution in [1.82, 2.24) is 4.90 Å². The standard InChI is InChI=1S/C17H31NO3/c1-2-3-4-5-6-7-8-10-16(19)18-12-9-11-17(15-18)20-13-14-21-17/h2-15H2,1H3. The Morgan fingerprint density at radius 2 is 1.71 bits per heavy atom. The Hall–Kier alpha value is -0.610. The molecule has 0 unspecified atom stereocenters. The van der Waals surface area contributed by atoms with E-state index in [1.54, 1.807) is 0 Å². The Morgan fingerprint density at radius 3 is 2.43 bits per heavy atom. The van der Waals surface area contributed by atoms with Crippen molar-refractivity contribution in [3.05, 3.63) is 0 Å². The van der Waals surface area contributed by atoms with Gasteiger partial charge in [-0.25, -0.2) is 0 Å². The maximum atomic E-state index is 12.3. The van der Waals surface area contributed by atoms with Crippen LogP contribution in [0.5, 0.6) is 0 Å². The van der Waals surface area contributed by atoms with E-state index < -0.39 is 5.79 Å². The van der Waals surface area contributed by atoms with E-state index in [2.05, 4.69) is 6.92 Å². The number of hydrogen-bond donors (Lipinski definition) is 0. The number of rotatable bonds is 8. The third-order valence-corrected chi connectivity index (χ3v) is 4.58. The van der Waals surface area contributed by atoms with E-state index in [9.17, 15) is 4.79 Å². The average Bonchev–Trinajstić information content (AvgIpc) is 2.94. The molecule has 0 N–H and O–H groups in total.